The molecule has 0 aromatic carbocycles. The monoisotopic (exact) mass is 334 g/mol. The molecule has 0 saturated heterocycles. The van der Waals surface area contributed by atoms with E-state index in [1.165, 1.54) is 21.3 Å². The van der Waals surface area contributed by atoms with E-state index in [2.05, 4.69) is 0 Å². The third kappa shape index (κ3) is 2.36. The first-order chi connectivity index (χ1) is 11.5. The summed E-state index contributed by atoms with van der Waals surface area (Å²) in [6.45, 7) is 0. The zero-order valence-corrected chi connectivity index (χ0v) is 14.2. The van der Waals surface area contributed by atoms with Crippen LogP contribution in [0.4, 0.5) is 0 Å². The number of rotatable bonds is 4. The molecule has 2 bridgehead atoms. The highest BCUT2D eigenvalue weighted by Crippen LogP contribution is 2.52. The number of carbonyl (C=O) groups is 3. The van der Waals surface area contributed by atoms with E-state index in [0.29, 0.717) is 18.4 Å². The van der Waals surface area contributed by atoms with Gasteiger partial charge in [-0.1, -0.05) is 11.6 Å². The van der Waals surface area contributed by atoms with Gasteiger partial charge in [0.05, 0.1) is 13.0 Å². The van der Waals surface area contributed by atoms with E-state index in [-0.39, 0.29) is 23.4 Å². The molecule has 0 N–H and O–H groups in total. The first-order valence-electron chi connectivity index (χ1n) is 8.16. The minimum Gasteiger partial charge on any atom is -0.466 e. The molecular formula is C18H22O6. The average Bonchev–Trinajstić information content (AvgIpc) is 2.61. The number of hydrogen-bond donors (Lipinski definition) is 0. The van der Waals surface area contributed by atoms with Crippen LogP contribution in [0.5, 0.6) is 0 Å². The third-order valence-corrected chi connectivity index (χ3v) is 5.48. The van der Waals surface area contributed by atoms with Crippen molar-refractivity contribution in [3.63, 3.8) is 0 Å². The van der Waals surface area contributed by atoms with E-state index in [1.807, 2.05) is 0 Å². The summed E-state index contributed by atoms with van der Waals surface area (Å²) in [5.74, 6) is -3.32. The van der Waals surface area contributed by atoms with Crippen LogP contribution in [0.1, 0.15) is 25.7 Å². The second-order valence-corrected chi connectivity index (χ2v) is 6.52. The summed E-state index contributed by atoms with van der Waals surface area (Å²) in [6, 6.07) is 0. The van der Waals surface area contributed by atoms with Gasteiger partial charge in [0.1, 0.15) is 0 Å². The lowest BCUT2D eigenvalue weighted by molar-refractivity contribution is -0.239. The molecule has 0 amide bonds. The van der Waals surface area contributed by atoms with Crippen LogP contribution >= 0.6 is 0 Å². The standard InChI is InChI=1S/C18H22O6/c1-22-17(21)14-9-11-8-13(10-5-4-6-12(19)7-10)15(14)16(20)18(11,23-2)24-3/h7,9,11,13,15H,4-6,8H2,1-3H3/t11-,13+,15+/m1/s1. The molecular weight excluding hydrogens is 312 g/mol. The van der Waals surface area contributed by atoms with Crippen molar-refractivity contribution in [3.05, 3.63) is 23.3 Å². The van der Waals surface area contributed by atoms with Gasteiger partial charge in [-0.3, -0.25) is 9.59 Å². The molecule has 4 aliphatic carbocycles. The van der Waals surface area contributed by atoms with Gasteiger partial charge in [0.2, 0.25) is 11.6 Å². The number of Topliss-reactive ketones (excluding diaryl/α,β-unsaturated/α-hetero) is 1. The van der Waals surface area contributed by atoms with Crippen LogP contribution in [-0.4, -0.2) is 44.7 Å². The van der Waals surface area contributed by atoms with Crippen molar-refractivity contribution in [2.45, 2.75) is 31.5 Å². The Morgan fingerprint density at radius 2 is 1.88 bits per heavy atom. The average molecular weight is 334 g/mol. The summed E-state index contributed by atoms with van der Waals surface area (Å²) in [4.78, 5) is 37.1. The second-order valence-electron chi connectivity index (χ2n) is 6.52. The van der Waals surface area contributed by atoms with Crippen LogP contribution in [0.15, 0.2) is 23.3 Å². The van der Waals surface area contributed by atoms with Crippen LogP contribution in [-0.2, 0) is 28.6 Å². The van der Waals surface area contributed by atoms with E-state index in [1.54, 1.807) is 12.2 Å². The van der Waals surface area contributed by atoms with E-state index in [0.717, 1.165) is 18.4 Å². The van der Waals surface area contributed by atoms with Crippen molar-refractivity contribution in [1.29, 1.82) is 0 Å². The summed E-state index contributed by atoms with van der Waals surface area (Å²) >= 11 is 0. The molecule has 0 spiro atoms. The lowest BCUT2D eigenvalue weighted by Crippen LogP contribution is -2.61. The van der Waals surface area contributed by atoms with Crippen molar-refractivity contribution < 1.29 is 28.6 Å². The topological polar surface area (TPSA) is 78.9 Å². The largest absolute Gasteiger partial charge is 0.466 e. The summed E-state index contributed by atoms with van der Waals surface area (Å²) < 4.78 is 15.7. The molecule has 4 aliphatic rings. The molecule has 4 rings (SSSR count). The number of methoxy groups -OCH3 is 3. The zero-order chi connectivity index (χ0) is 17.5. The lowest BCUT2D eigenvalue weighted by atomic mass is 9.58. The molecule has 1 saturated carbocycles. The normalized spacial score (nSPS) is 31.5. The maximum absolute atomic E-state index is 13.1. The fraction of sp³-hybridized carbons (Fsp3) is 0.611. The maximum Gasteiger partial charge on any atom is 0.334 e. The summed E-state index contributed by atoms with van der Waals surface area (Å²) in [5, 5.41) is 0. The molecule has 3 atom stereocenters. The molecule has 0 aromatic heterocycles. The smallest absolute Gasteiger partial charge is 0.334 e. The van der Waals surface area contributed by atoms with E-state index in [4.69, 9.17) is 14.2 Å². The van der Waals surface area contributed by atoms with Crippen molar-refractivity contribution in [2.24, 2.45) is 17.8 Å². The predicted octanol–water partition coefficient (Wildman–Crippen LogP) is 1.59. The number of esters is 1. The van der Waals surface area contributed by atoms with E-state index in [9.17, 15) is 14.4 Å². The molecule has 6 heteroatoms. The minimum absolute atomic E-state index is 0.0819. The lowest BCUT2D eigenvalue weighted by Gasteiger charge is -2.50. The van der Waals surface area contributed by atoms with Gasteiger partial charge in [-0.25, -0.2) is 4.79 Å². The molecule has 0 heterocycles. The highest BCUT2D eigenvalue weighted by Gasteiger charge is 2.61. The molecule has 0 radical (unpaired) electrons. The molecule has 24 heavy (non-hydrogen) atoms. The van der Waals surface area contributed by atoms with Crippen LogP contribution in [0, 0.1) is 17.8 Å². The first kappa shape index (κ1) is 17.0. The number of ether oxygens (including phenoxy) is 3. The Bertz CT molecular complexity index is 640. The highest BCUT2D eigenvalue weighted by molar-refractivity contribution is 6.04. The van der Waals surface area contributed by atoms with Gasteiger partial charge in [0.25, 0.3) is 0 Å². The number of fused-ring (bicyclic) bond motifs is 2. The van der Waals surface area contributed by atoms with Crippen LogP contribution in [0.3, 0.4) is 0 Å². The number of ketones is 2. The Balaban J connectivity index is 2.06. The quantitative estimate of drug-likeness (QED) is 0.574. The summed E-state index contributed by atoms with van der Waals surface area (Å²) in [5.41, 5.74) is 1.30. The fourth-order valence-electron chi connectivity index (χ4n) is 4.38. The molecule has 0 aromatic rings. The van der Waals surface area contributed by atoms with Gasteiger partial charge in [-0.05, 0) is 31.3 Å². The highest BCUT2D eigenvalue weighted by atomic mass is 16.7. The van der Waals surface area contributed by atoms with Gasteiger partial charge in [-0.2, -0.15) is 0 Å². The van der Waals surface area contributed by atoms with E-state index >= 15 is 0 Å². The molecule has 130 valence electrons. The minimum atomic E-state index is -1.36. The van der Waals surface area contributed by atoms with Crippen molar-refractivity contribution in [3.8, 4) is 0 Å². The molecule has 6 nitrogen and oxygen atoms in total. The van der Waals surface area contributed by atoms with Crippen molar-refractivity contribution in [1.82, 2.24) is 0 Å². The Hall–Kier alpha value is -1.79. The van der Waals surface area contributed by atoms with Crippen molar-refractivity contribution >= 4 is 17.5 Å². The molecule has 0 aliphatic heterocycles. The van der Waals surface area contributed by atoms with E-state index < -0.39 is 17.7 Å². The van der Waals surface area contributed by atoms with Gasteiger partial charge in [-0.15, -0.1) is 0 Å². The van der Waals surface area contributed by atoms with Crippen molar-refractivity contribution in [2.75, 3.05) is 21.3 Å². The Kier molecular flexibility index (Phi) is 4.44. The van der Waals surface area contributed by atoms with Gasteiger partial charge in [0.15, 0.2) is 5.78 Å². The Morgan fingerprint density at radius 3 is 2.42 bits per heavy atom. The van der Waals surface area contributed by atoms with Crippen LogP contribution in [0.2, 0.25) is 0 Å². The fourth-order valence-corrected chi connectivity index (χ4v) is 4.38. The second kappa shape index (κ2) is 6.26. The number of hydrogen-bond acceptors (Lipinski definition) is 6. The maximum atomic E-state index is 13.1. The first-order valence-corrected chi connectivity index (χ1v) is 8.16. The number of allylic oxidation sites excluding steroid dienone is 2. The van der Waals surface area contributed by atoms with Gasteiger partial charge < -0.3 is 14.2 Å². The van der Waals surface area contributed by atoms with Gasteiger partial charge >= 0.3 is 5.97 Å². The third-order valence-electron chi connectivity index (χ3n) is 5.48. The predicted molar refractivity (Wildman–Crippen MR) is 83.9 cm³/mol. The number of carbonyl (C=O) groups excluding carboxylic acids is 3. The Labute approximate surface area is 140 Å². The summed E-state index contributed by atoms with van der Waals surface area (Å²) in [7, 11) is 4.17. The van der Waals surface area contributed by atoms with Crippen LogP contribution < -0.4 is 0 Å². The van der Waals surface area contributed by atoms with Crippen LogP contribution in [0.25, 0.3) is 0 Å². The molecule has 0 unspecified atom stereocenters. The zero-order valence-electron chi connectivity index (χ0n) is 14.2. The SMILES string of the molecule is COC(=O)C1=C[C@H]2C[C@@H](C3=CC(=O)CCC3)[C@@H]1C(=O)C2(OC)OC. The molecule has 1 fully saturated rings. The Morgan fingerprint density at radius 1 is 1.17 bits per heavy atom. The van der Waals surface area contributed by atoms with Gasteiger partial charge in [0, 0.05) is 32.1 Å². The summed E-state index contributed by atoms with van der Waals surface area (Å²) in [6.07, 6.45) is 6.10.